The number of carboxylic acid groups (broad SMARTS) is 1. The first kappa shape index (κ1) is 14.5. The highest BCUT2D eigenvalue weighted by Gasteiger charge is 2.34. The topological polar surface area (TPSA) is 66.8 Å². The van der Waals surface area contributed by atoms with Crippen LogP contribution in [-0.4, -0.2) is 41.6 Å². The normalized spacial score (nSPS) is 19.9. The Labute approximate surface area is 118 Å². The Bertz CT molecular complexity index is 474. The summed E-state index contributed by atoms with van der Waals surface area (Å²) in [7, 11) is 1.50. The van der Waals surface area contributed by atoms with E-state index in [4.69, 9.17) is 9.84 Å². The van der Waals surface area contributed by atoms with Gasteiger partial charge in [0.05, 0.1) is 6.42 Å². The minimum absolute atomic E-state index is 0.00301. The van der Waals surface area contributed by atoms with Gasteiger partial charge < -0.3 is 14.7 Å². The van der Waals surface area contributed by atoms with E-state index in [-0.39, 0.29) is 18.4 Å². The molecule has 108 valence electrons. The number of hydrogen-bond acceptors (Lipinski definition) is 3. The monoisotopic (exact) mass is 277 g/mol. The second-order valence-corrected chi connectivity index (χ2v) is 4.95. The lowest BCUT2D eigenvalue weighted by Gasteiger charge is -2.27. The predicted octanol–water partition coefficient (Wildman–Crippen LogP) is 1.84. The zero-order valence-corrected chi connectivity index (χ0v) is 11.5. The molecule has 5 heteroatoms. The number of rotatable bonds is 5. The third-order valence-corrected chi connectivity index (χ3v) is 3.63. The maximum atomic E-state index is 12.6. The Morgan fingerprint density at radius 1 is 1.40 bits per heavy atom. The van der Waals surface area contributed by atoms with Gasteiger partial charge in [-0.05, 0) is 18.4 Å². The summed E-state index contributed by atoms with van der Waals surface area (Å²) < 4.78 is 5.33. The molecule has 1 fully saturated rings. The molecule has 1 amide bonds. The van der Waals surface area contributed by atoms with Gasteiger partial charge in [-0.1, -0.05) is 30.3 Å². The van der Waals surface area contributed by atoms with Crippen molar-refractivity contribution in [1.29, 1.82) is 0 Å². The highest BCUT2D eigenvalue weighted by Crippen LogP contribution is 2.26. The lowest BCUT2D eigenvalue weighted by Crippen LogP contribution is -2.40. The molecule has 0 aromatic heterocycles. The maximum Gasteiger partial charge on any atom is 0.305 e. The lowest BCUT2D eigenvalue weighted by atomic mass is 10.1. The maximum absolute atomic E-state index is 12.6. The van der Waals surface area contributed by atoms with Gasteiger partial charge in [0.1, 0.15) is 0 Å². The zero-order valence-electron chi connectivity index (χ0n) is 11.5. The van der Waals surface area contributed by atoms with Crippen LogP contribution in [0, 0.1) is 0 Å². The lowest BCUT2D eigenvalue weighted by molar-refractivity contribution is -0.145. The summed E-state index contributed by atoms with van der Waals surface area (Å²) in [4.78, 5) is 25.1. The van der Waals surface area contributed by atoms with Gasteiger partial charge in [0, 0.05) is 19.7 Å². The molecule has 2 rings (SSSR count). The second kappa shape index (κ2) is 6.52. The summed E-state index contributed by atoms with van der Waals surface area (Å²) in [6, 6.07) is 9.05. The van der Waals surface area contributed by atoms with Crippen LogP contribution in [0.25, 0.3) is 0 Å². The van der Waals surface area contributed by atoms with E-state index in [0.29, 0.717) is 6.54 Å². The number of amides is 1. The van der Waals surface area contributed by atoms with Gasteiger partial charge in [-0.3, -0.25) is 9.59 Å². The minimum Gasteiger partial charge on any atom is -0.481 e. The van der Waals surface area contributed by atoms with Gasteiger partial charge in [0.2, 0.25) is 0 Å². The summed E-state index contributed by atoms with van der Waals surface area (Å²) in [5, 5.41) is 8.92. The van der Waals surface area contributed by atoms with Crippen LogP contribution in [0.4, 0.5) is 0 Å². The number of likely N-dealkylation sites (tertiary alicyclic amines) is 1. The van der Waals surface area contributed by atoms with E-state index >= 15 is 0 Å². The van der Waals surface area contributed by atoms with Gasteiger partial charge in [-0.15, -0.1) is 0 Å². The van der Waals surface area contributed by atoms with Crippen LogP contribution in [0.15, 0.2) is 30.3 Å². The van der Waals surface area contributed by atoms with Crippen LogP contribution in [0.5, 0.6) is 0 Å². The second-order valence-electron chi connectivity index (χ2n) is 4.95. The molecule has 0 radical (unpaired) electrons. The van der Waals surface area contributed by atoms with Crippen molar-refractivity contribution in [3.8, 4) is 0 Å². The quantitative estimate of drug-likeness (QED) is 0.891. The highest BCUT2D eigenvalue weighted by molar-refractivity contribution is 5.83. The molecule has 20 heavy (non-hydrogen) atoms. The van der Waals surface area contributed by atoms with Crippen molar-refractivity contribution >= 4 is 11.9 Å². The fraction of sp³-hybridized carbons (Fsp3) is 0.467. The number of carboxylic acids is 1. The average Bonchev–Trinajstić information content (AvgIpc) is 2.88. The van der Waals surface area contributed by atoms with Crippen molar-refractivity contribution < 1.29 is 19.4 Å². The molecule has 0 spiro atoms. The van der Waals surface area contributed by atoms with Gasteiger partial charge in [-0.25, -0.2) is 0 Å². The molecular weight excluding hydrogens is 258 g/mol. The molecule has 1 aromatic rings. The molecule has 5 nitrogen and oxygen atoms in total. The minimum atomic E-state index is -0.872. The predicted molar refractivity (Wildman–Crippen MR) is 73.2 cm³/mol. The standard InChI is InChI=1S/C15H19NO4/c1-20-14(11-6-3-2-4-7-11)15(19)16-9-5-8-12(16)10-13(17)18/h2-4,6-7,12,14H,5,8-10H2,1H3,(H,17,18). The van der Waals surface area contributed by atoms with Crippen molar-refractivity contribution in [1.82, 2.24) is 4.90 Å². The molecule has 1 heterocycles. The third kappa shape index (κ3) is 3.17. The molecule has 0 bridgehead atoms. The van der Waals surface area contributed by atoms with Crippen LogP contribution in [0.1, 0.15) is 30.9 Å². The Balaban J connectivity index is 2.14. The number of carbonyl (C=O) groups excluding carboxylic acids is 1. The van der Waals surface area contributed by atoms with Gasteiger partial charge in [0.15, 0.2) is 6.10 Å². The smallest absolute Gasteiger partial charge is 0.305 e. The zero-order chi connectivity index (χ0) is 14.5. The van der Waals surface area contributed by atoms with E-state index in [2.05, 4.69) is 0 Å². The molecule has 1 saturated heterocycles. The van der Waals surface area contributed by atoms with Gasteiger partial charge in [-0.2, -0.15) is 0 Å². The van der Waals surface area contributed by atoms with Crippen LogP contribution in [0.3, 0.4) is 0 Å². The Morgan fingerprint density at radius 3 is 2.70 bits per heavy atom. The van der Waals surface area contributed by atoms with E-state index in [1.54, 1.807) is 4.90 Å². The molecule has 1 aliphatic heterocycles. The number of methoxy groups -OCH3 is 1. The van der Waals surface area contributed by atoms with E-state index in [9.17, 15) is 9.59 Å². The summed E-state index contributed by atoms with van der Waals surface area (Å²) in [6.45, 7) is 0.601. The number of aliphatic carboxylic acids is 1. The summed E-state index contributed by atoms with van der Waals surface area (Å²) >= 11 is 0. The van der Waals surface area contributed by atoms with E-state index in [0.717, 1.165) is 18.4 Å². The molecule has 2 atom stereocenters. The largest absolute Gasteiger partial charge is 0.481 e. The van der Waals surface area contributed by atoms with Crippen molar-refractivity contribution in [2.75, 3.05) is 13.7 Å². The number of benzene rings is 1. The number of nitrogens with zero attached hydrogens (tertiary/aromatic N) is 1. The Hall–Kier alpha value is -1.88. The first-order valence-electron chi connectivity index (χ1n) is 6.73. The molecule has 0 saturated carbocycles. The summed E-state index contributed by atoms with van der Waals surface area (Å²) in [6.07, 6.45) is 0.917. The molecule has 1 aromatic carbocycles. The number of hydrogen-bond donors (Lipinski definition) is 1. The summed E-state index contributed by atoms with van der Waals surface area (Å²) in [5.41, 5.74) is 0.793. The van der Waals surface area contributed by atoms with Crippen LogP contribution in [0.2, 0.25) is 0 Å². The van der Waals surface area contributed by atoms with Crippen molar-refractivity contribution in [2.45, 2.75) is 31.4 Å². The van der Waals surface area contributed by atoms with E-state index < -0.39 is 12.1 Å². The van der Waals surface area contributed by atoms with E-state index in [1.165, 1.54) is 7.11 Å². The van der Waals surface area contributed by atoms with Crippen molar-refractivity contribution in [2.24, 2.45) is 0 Å². The first-order valence-corrected chi connectivity index (χ1v) is 6.73. The SMILES string of the molecule is COC(C(=O)N1CCCC1CC(=O)O)c1ccccc1. The van der Waals surface area contributed by atoms with Crippen LogP contribution in [-0.2, 0) is 14.3 Å². The van der Waals surface area contributed by atoms with Crippen molar-refractivity contribution in [3.63, 3.8) is 0 Å². The number of ether oxygens (including phenoxy) is 1. The first-order chi connectivity index (χ1) is 9.63. The van der Waals surface area contributed by atoms with Crippen LogP contribution >= 0.6 is 0 Å². The Kier molecular flexibility index (Phi) is 4.74. The van der Waals surface area contributed by atoms with Gasteiger partial charge >= 0.3 is 5.97 Å². The Morgan fingerprint density at radius 2 is 2.10 bits per heavy atom. The summed E-state index contributed by atoms with van der Waals surface area (Å²) in [5.74, 6) is -1.02. The van der Waals surface area contributed by atoms with Crippen molar-refractivity contribution in [3.05, 3.63) is 35.9 Å². The molecule has 1 aliphatic rings. The average molecular weight is 277 g/mol. The van der Waals surface area contributed by atoms with E-state index in [1.807, 2.05) is 30.3 Å². The van der Waals surface area contributed by atoms with Gasteiger partial charge in [0.25, 0.3) is 5.91 Å². The molecule has 0 aliphatic carbocycles. The highest BCUT2D eigenvalue weighted by atomic mass is 16.5. The molecular formula is C15H19NO4. The fourth-order valence-electron chi connectivity index (χ4n) is 2.70. The fourth-order valence-corrected chi connectivity index (χ4v) is 2.70. The molecule has 2 unspecified atom stereocenters. The van der Waals surface area contributed by atoms with Crippen LogP contribution < -0.4 is 0 Å². The number of carbonyl (C=O) groups is 2. The molecule has 1 N–H and O–H groups in total. The third-order valence-electron chi connectivity index (χ3n) is 3.63.